The molecule has 2 heterocycles. The maximum atomic E-state index is 12.8. The third kappa shape index (κ3) is 5.76. The summed E-state index contributed by atoms with van der Waals surface area (Å²) < 4.78 is 5.64. The highest BCUT2D eigenvalue weighted by Crippen LogP contribution is 2.34. The van der Waals surface area contributed by atoms with Gasteiger partial charge in [0.15, 0.2) is 0 Å². The van der Waals surface area contributed by atoms with Crippen molar-refractivity contribution in [2.45, 2.75) is 51.5 Å². The first-order valence-electron chi connectivity index (χ1n) is 13.5. The lowest BCUT2D eigenvalue weighted by Crippen LogP contribution is -2.42. The van der Waals surface area contributed by atoms with Crippen molar-refractivity contribution in [2.24, 2.45) is 0 Å². The molecule has 40 heavy (non-hydrogen) atoms. The van der Waals surface area contributed by atoms with E-state index < -0.39 is 17.9 Å². The Morgan fingerprint density at radius 2 is 1.77 bits per heavy atom. The molecule has 0 saturated carbocycles. The second kappa shape index (κ2) is 11.0. The first-order chi connectivity index (χ1) is 19.1. The highest BCUT2D eigenvalue weighted by atomic mass is 16.5. The van der Waals surface area contributed by atoms with Gasteiger partial charge < -0.3 is 19.8 Å². The molecule has 1 aliphatic rings. The molecular weight excluding hydrogens is 504 g/mol. The molecule has 2 N–H and O–H groups in total. The summed E-state index contributed by atoms with van der Waals surface area (Å²) in [5.41, 5.74) is 6.37. The third-order valence-corrected chi connectivity index (χ3v) is 7.41. The number of carbonyl (C=O) groups is 2. The fourth-order valence-corrected chi connectivity index (χ4v) is 5.05. The molecule has 0 radical (unpaired) electrons. The summed E-state index contributed by atoms with van der Waals surface area (Å²) in [7, 11) is 2.09. The monoisotopic (exact) mass is 538 g/mol. The average molecular weight is 539 g/mol. The predicted octanol–water partition coefficient (Wildman–Crippen LogP) is 5.51. The Kier molecular flexibility index (Phi) is 7.43. The quantitative estimate of drug-likeness (QED) is 0.319. The number of hydrogen-bond donors (Lipinski definition) is 2. The van der Waals surface area contributed by atoms with Crippen LogP contribution in [0.3, 0.4) is 0 Å². The molecule has 1 amide bonds. The number of nitrogens with one attached hydrogen (secondary N) is 1. The predicted molar refractivity (Wildman–Crippen MR) is 154 cm³/mol. The molecule has 1 aliphatic heterocycles. The number of carbonyl (C=O) groups excluding carboxylic acids is 1. The number of amides is 1. The SMILES string of the molecule is CN1CCCc2c(-c3nc(-c4ccc(CC(NC(=O)c5ccc(C(C)(C)C)cc5)C(=O)O)cc4)no3)cccc21. The fraction of sp³-hybridized carbons (Fsp3) is 0.312. The van der Waals surface area contributed by atoms with Gasteiger partial charge in [-0.15, -0.1) is 0 Å². The van der Waals surface area contributed by atoms with Gasteiger partial charge in [-0.25, -0.2) is 4.79 Å². The van der Waals surface area contributed by atoms with Crippen LogP contribution in [0.5, 0.6) is 0 Å². The zero-order valence-corrected chi connectivity index (χ0v) is 23.3. The summed E-state index contributed by atoms with van der Waals surface area (Å²) in [6, 6.07) is 19.6. The van der Waals surface area contributed by atoms with Gasteiger partial charge in [0, 0.05) is 42.4 Å². The van der Waals surface area contributed by atoms with Crippen LogP contribution >= 0.6 is 0 Å². The minimum absolute atomic E-state index is 0.0359. The van der Waals surface area contributed by atoms with Crippen molar-refractivity contribution in [2.75, 3.05) is 18.5 Å². The normalized spacial score (nSPS) is 13.9. The molecule has 0 spiro atoms. The molecule has 0 aliphatic carbocycles. The molecule has 0 fully saturated rings. The summed E-state index contributed by atoms with van der Waals surface area (Å²) in [6.45, 7) is 7.31. The highest BCUT2D eigenvalue weighted by molar-refractivity contribution is 5.96. The zero-order valence-electron chi connectivity index (χ0n) is 23.3. The number of rotatable bonds is 7. The largest absolute Gasteiger partial charge is 0.480 e. The average Bonchev–Trinajstić information content (AvgIpc) is 3.43. The lowest BCUT2D eigenvalue weighted by molar-refractivity contribution is -0.139. The van der Waals surface area contributed by atoms with E-state index in [1.165, 1.54) is 11.3 Å². The molecular formula is C32H34N4O4. The van der Waals surface area contributed by atoms with Crippen LogP contribution in [0.2, 0.25) is 0 Å². The van der Waals surface area contributed by atoms with E-state index in [-0.39, 0.29) is 11.8 Å². The second-order valence-corrected chi connectivity index (χ2v) is 11.3. The minimum Gasteiger partial charge on any atom is -0.480 e. The summed E-state index contributed by atoms with van der Waals surface area (Å²) in [6.07, 6.45) is 2.18. The van der Waals surface area contributed by atoms with Gasteiger partial charge in [0.05, 0.1) is 0 Å². The van der Waals surface area contributed by atoms with Gasteiger partial charge in [-0.2, -0.15) is 4.98 Å². The summed E-state index contributed by atoms with van der Waals surface area (Å²) in [4.78, 5) is 31.6. The molecule has 3 aromatic carbocycles. The van der Waals surface area contributed by atoms with E-state index in [0.29, 0.717) is 17.3 Å². The number of aliphatic carboxylic acids is 1. The maximum Gasteiger partial charge on any atom is 0.326 e. The lowest BCUT2D eigenvalue weighted by Gasteiger charge is -2.28. The van der Waals surface area contributed by atoms with Crippen LogP contribution in [0.4, 0.5) is 5.69 Å². The molecule has 1 unspecified atom stereocenters. The number of fused-ring (bicyclic) bond motifs is 1. The smallest absolute Gasteiger partial charge is 0.326 e. The molecule has 0 saturated heterocycles. The number of hydrogen-bond acceptors (Lipinski definition) is 6. The number of benzene rings is 3. The van der Waals surface area contributed by atoms with Crippen LogP contribution in [0.15, 0.2) is 71.3 Å². The summed E-state index contributed by atoms with van der Waals surface area (Å²) in [5, 5.41) is 16.6. The molecule has 1 atom stereocenters. The summed E-state index contributed by atoms with van der Waals surface area (Å²) >= 11 is 0. The molecule has 5 rings (SSSR count). The molecule has 4 aromatic rings. The maximum absolute atomic E-state index is 12.8. The molecule has 8 heteroatoms. The van der Waals surface area contributed by atoms with Crippen LogP contribution in [0.1, 0.15) is 54.2 Å². The Morgan fingerprint density at radius 3 is 2.45 bits per heavy atom. The van der Waals surface area contributed by atoms with Crippen LogP contribution in [0.25, 0.3) is 22.8 Å². The fourth-order valence-electron chi connectivity index (χ4n) is 5.05. The number of anilines is 1. The number of nitrogens with zero attached hydrogens (tertiary/aromatic N) is 3. The molecule has 206 valence electrons. The standard InChI is InChI=1S/C32H34N4O4/c1-32(2,3)23-16-14-22(15-17-23)29(37)33-26(31(38)39)19-20-10-12-21(13-11-20)28-34-30(40-35-28)25-7-5-9-27-24(25)8-6-18-36(27)4/h5,7,9-17,26H,6,8,18-19H2,1-4H3,(H,33,37)(H,38,39). The van der Waals surface area contributed by atoms with Crippen LogP contribution < -0.4 is 10.2 Å². The Balaban J connectivity index is 1.27. The van der Waals surface area contributed by atoms with E-state index >= 15 is 0 Å². The van der Waals surface area contributed by atoms with E-state index in [9.17, 15) is 14.7 Å². The van der Waals surface area contributed by atoms with E-state index in [4.69, 9.17) is 4.52 Å². The first-order valence-corrected chi connectivity index (χ1v) is 13.5. The molecule has 1 aromatic heterocycles. The molecule has 8 nitrogen and oxygen atoms in total. The van der Waals surface area contributed by atoms with Crippen molar-refractivity contribution in [3.63, 3.8) is 0 Å². The van der Waals surface area contributed by atoms with Crippen LogP contribution in [-0.2, 0) is 23.1 Å². The van der Waals surface area contributed by atoms with Crippen molar-refractivity contribution in [3.05, 3.63) is 89.0 Å². The van der Waals surface area contributed by atoms with Gasteiger partial charge in [0.1, 0.15) is 6.04 Å². The van der Waals surface area contributed by atoms with E-state index in [1.807, 2.05) is 48.5 Å². The van der Waals surface area contributed by atoms with E-state index in [1.54, 1.807) is 12.1 Å². The van der Waals surface area contributed by atoms with Gasteiger partial charge in [0.2, 0.25) is 5.82 Å². The van der Waals surface area contributed by atoms with Crippen molar-refractivity contribution >= 4 is 17.6 Å². The minimum atomic E-state index is -1.09. The Bertz CT molecular complexity index is 1520. The van der Waals surface area contributed by atoms with E-state index in [0.717, 1.165) is 41.6 Å². The lowest BCUT2D eigenvalue weighted by atomic mass is 9.86. The van der Waals surface area contributed by atoms with E-state index in [2.05, 4.69) is 54.2 Å². The summed E-state index contributed by atoms with van der Waals surface area (Å²) in [5.74, 6) is -0.568. The van der Waals surface area contributed by atoms with Crippen LogP contribution in [0, 0.1) is 0 Å². The Hall–Kier alpha value is -4.46. The highest BCUT2D eigenvalue weighted by Gasteiger charge is 2.23. The Labute approximate surface area is 234 Å². The number of carboxylic acid groups (broad SMARTS) is 1. The van der Waals surface area contributed by atoms with Gasteiger partial charge in [-0.05, 0) is 59.2 Å². The first kappa shape index (κ1) is 27.1. The van der Waals surface area contributed by atoms with Gasteiger partial charge >= 0.3 is 5.97 Å². The van der Waals surface area contributed by atoms with Crippen molar-refractivity contribution in [3.8, 4) is 22.8 Å². The van der Waals surface area contributed by atoms with Gasteiger partial charge in [-0.3, -0.25) is 4.79 Å². The second-order valence-electron chi connectivity index (χ2n) is 11.3. The topological polar surface area (TPSA) is 109 Å². The van der Waals surface area contributed by atoms with Gasteiger partial charge in [0.25, 0.3) is 11.8 Å². The molecule has 0 bridgehead atoms. The van der Waals surface area contributed by atoms with Crippen molar-refractivity contribution in [1.82, 2.24) is 15.5 Å². The van der Waals surface area contributed by atoms with Gasteiger partial charge in [-0.1, -0.05) is 68.4 Å². The Morgan fingerprint density at radius 1 is 1.05 bits per heavy atom. The van der Waals surface area contributed by atoms with Crippen molar-refractivity contribution < 1.29 is 19.2 Å². The van der Waals surface area contributed by atoms with Crippen LogP contribution in [-0.4, -0.2) is 46.8 Å². The number of carboxylic acids is 1. The third-order valence-electron chi connectivity index (χ3n) is 7.41. The zero-order chi connectivity index (χ0) is 28.4. The van der Waals surface area contributed by atoms with Crippen molar-refractivity contribution in [1.29, 1.82) is 0 Å². The number of aromatic nitrogens is 2.